The Morgan fingerprint density at radius 2 is 1.92 bits per heavy atom. The molecule has 3 rings (SSSR count). The van der Waals surface area contributed by atoms with Crippen LogP contribution in [0.15, 0.2) is 67.0 Å². The molecular weight excluding hydrogens is 298 g/mol. The van der Waals surface area contributed by atoms with Crippen molar-refractivity contribution in [2.45, 2.75) is 13.8 Å². The van der Waals surface area contributed by atoms with Crippen LogP contribution in [0.25, 0.3) is 11.8 Å². The number of para-hydroxylation sites is 1. The molecule has 1 heterocycles. The molecule has 0 fully saturated rings. The predicted molar refractivity (Wildman–Crippen MR) is 97.1 cm³/mol. The van der Waals surface area contributed by atoms with Crippen LogP contribution in [-0.4, -0.2) is 15.7 Å². The smallest absolute Gasteiger partial charge is 0.248 e. The minimum absolute atomic E-state index is 0.156. The van der Waals surface area contributed by atoms with E-state index in [1.807, 2.05) is 68.6 Å². The van der Waals surface area contributed by atoms with Gasteiger partial charge in [-0.3, -0.25) is 4.79 Å². The molecule has 0 aliphatic heterocycles. The lowest BCUT2D eigenvalue weighted by molar-refractivity contribution is -0.111. The van der Waals surface area contributed by atoms with Crippen molar-refractivity contribution >= 4 is 17.7 Å². The summed E-state index contributed by atoms with van der Waals surface area (Å²) in [4.78, 5) is 12.1. The quantitative estimate of drug-likeness (QED) is 0.735. The molecule has 1 amide bonds. The number of aryl methyl sites for hydroxylation is 2. The average molecular weight is 317 g/mol. The molecule has 3 aromatic rings. The minimum atomic E-state index is -0.156. The Kier molecular flexibility index (Phi) is 4.57. The maximum atomic E-state index is 12.1. The summed E-state index contributed by atoms with van der Waals surface area (Å²) in [5.41, 5.74) is 4.85. The first-order chi connectivity index (χ1) is 11.6. The third-order valence-electron chi connectivity index (χ3n) is 3.70. The second-order valence-corrected chi connectivity index (χ2v) is 5.69. The van der Waals surface area contributed by atoms with Crippen molar-refractivity contribution in [3.05, 3.63) is 83.7 Å². The molecule has 24 heavy (non-hydrogen) atoms. The van der Waals surface area contributed by atoms with Crippen molar-refractivity contribution in [2.24, 2.45) is 0 Å². The van der Waals surface area contributed by atoms with Crippen LogP contribution < -0.4 is 5.32 Å². The molecule has 0 atom stereocenters. The number of rotatable bonds is 4. The Balaban J connectivity index is 1.69. The SMILES string of the molecule is Cc1ccc(C)c(NC(=O)/C=C/c2cnn(-c3ccccc3)c2)c1. The second-order valence-electron chi connectivity index (χ2n) is 5.69. The lowest BCUT2D eigenvalue weighted by atomic mass is 10.1. The zero-order chi connectivity index (χ0) is 16.9. The molecule has 0 radical (unpaired) electrons. The summed E-state index contributed by atoms with van der Waals surface area (Å²) in [5.74, 6) is -0.156. The highest BCUT2D eigenvalue weighted by Gasteiger charge is 2.03. The summed E-state index contributed by atoms with van der Waals surface area (Å²) in [7, 11) is 0. The third-order valence-corrected chi connectivity index (χ3v) is 3.70. The van der Waals surface area contributed by atoms with Gasteiger partial charge in [0.05, 0.1) is 11.9 Å². The van der Waals surface area contributed by atoms with E-state index in [0.29, 0.717) is 0 Å². The number of aromatic nitrogens is 2. The van der Waals surface area contributed by atoms with E-state index in [-0.39, 0.29) is 5.91 Å². The summed E-state index contributed by atoms with van der Waals surface area (Å²) >= 11 is 0. The molecule has 0 aliphatic rings. The van der Waals surface area contributed by atoms with Crippen LogP contribution in [0.3, 0.4) is 0 Å². The number of nitrogens with one attached hydrogen (secondary N) is 1. The van der Waals surface area contributed by atoms with E-state index in [4.69, 9.17) is 0 Å². The van der Waals surface area contributed by atoms with Gasteiger partial charge in [0.15, 0.2) is 0 Å². The van der Waals surface area contributed by atoms with Crippen LogP contribution in [0.5, 0.6) is 0 Å². The Morgan fingerprint density at radius 1 is 1.12 bits per heavy atom. The maximum absolute atomic E-state index is 12.1. The average Bonchev–Trinajstić information content (AvgIpc) is 3.06. The number of hydrogen-bond acceptors (Lipinski definition) is 2. The number of anilines is 1. The van der Waals surface area contributed by atoms with Gasteiger partial charge in [0.25, 0.3) is 0 Å². The van der Waals surface area contributed by atoms with Gasteiger partial charge in [0, 0.05) is 23.5 Å². The molecule has 0 spiro atoms. The molecule has 4 heteroatoms. The van der Waals surface area contributed by atoms with Gasteiger partial charge >= 0.3 is 0 Å². The topological polar surface area (TPSA) is 46.9 Å². The summed E-state index contributed by atoms with van der Waals surface area (Å²) in [6.07, 6.45) is 6.90. The van der Waals surface area contributed by atoms with E-state index in [1.54, 1.807) is 17.0 Å². The van der Waals surface area contributed by atoms with Gasteiger partial charge < -0.3 is 5.32 Å². The maximum Gasteiger partial charge on any atom is 0.248 e. The van der Waals surface area contributed by atoms with Crippen LogP contribution in [0.4, 0.5) is 5.69 Å². The van der Waals surface area contributed by atoms with Crippen LogP contribution in [0.2, 0.25) is 0 Å². The largest absolute Gasteiger partial charge is 0.322 e. The van der Waals surface area contributed by atoms with Gasteiger partial charge in [0.2, 0.25) is 5.91 Å². The number of nitrogens with zero attached hydrogens (tertiary/aromatic N) is 2. The highest BCUT2D eigenvalue weighted by Crippen LogP contribution is 2.16. The number of carbonyl (C=O) groups is 1. The van der Waals surface area contributed by atoms with Crippen molar-refractivity contribution in [3.8, 4) is 5.69 Å². The summed E-state index contributed by atoms with van der Waals surface area (Å²) in [6, 6.07) is 15.8. The second kappa shape index (κ2) is 6.96. The molecule has 0 saturated heterocycles. The standard InChI is InChI=1S/C20H19N3O/c1-15-8-9-16(2)19(12-15)22-20(24)11-10-17-13-21-23(14-17)18-6-4-3-5-7-18/h3-14H,1-2H3,(H,22,24)/b11-10+. The lowest BCUT2D eigenvalue weighted by Gasteiger charge is -2.07. The first-order valence-corrected chi connectivity index (χ1v) is 7.78. The van der Waals surface area contributed by atoms with Crippen LogP contribution in [-0.2, 0) is 4.79 Å². The Morgan fingerprint density at radius 3 is 2.71 bits per heavy atom. The number of benzene rings is 2. The monoisotopic (exact) mass is 317 g/mol. The van der Waals surface area contributed by atoms with Gasteiger partial charge in [-0.25, -0.2) is 4.68 Å². The molecule has 2 aromatic carbocycles. The Labute approximate surface area is 141 Å². The van der Waals surface area contributed by atoms with E-state index in [2.05, 4.69) is 10.4 Å². The molecule has 1 N–H and O–H groups in total. The third kappa shape index (κ3) is 3.79. The van der Waals surface area contributed by atoms with Gasteiger partial charge in [0.1, 0.15) is 0 Å². The predicted octanol–water partition coefficient (Wildman–Crippen LogP) is 4.14. The van der Waals surface area contributed by atoms with E-state index >= 15 is 0 Å². The normalized spacial score (nSPS) is 10.9. The number of carbonyl (C=O) groups excluding carboxylic acids is 1. The fourth-order valence-corrected chi connectivity index (χ4v) is 2.36. The van der Waals surface area contributed by atoms with Crippen molar-refractivity contribution in [1.82, 2.24) is 9.78 Å². The number of amides is 1. The van der Waals surface area contributed by atoms with Crippen LogP contribution >= 0.6 is 0 Å². The van der Waals surface area contributed by atoms with Crippen molar-refractivity contribution in [3.63, 3.8) is 0 Å². The van der Waals surface area contributed by atoms with Gasteiger partial charge in [-0.1, -0.05) is 30.3 Å². The van der Waals surface area contributed by atoms with Gasteiger partial charge in [-0.2, -0.15) is 5.10 Å². The van der Waals surface area contributed by atoms with Crippen LogP contribution in [0, 0.1) is 13.8 Å². The summed E-state index contributed by atoms with van der Waals surface area (Å²) in [5, 5.41) is 7.21. The Bertz CT molecular complexity index is 879. The summed E-state index contributed by atoms with van der Waals surface area (Å²) in [6.45, 7) is 3.98. The first-order valence-electron chi connectivity index (χ1n) is 7.78. The fourth-order valence-electron chi connectivity index (χ4n) is 2.36. The van der Waals surface area contributed by atoms with Crippen molar-refractivity contribution in [2.75, 3.05) is 5.32 Å². The van der Waals surface area contributed by atoms with Gasteiger partial charge in [-0.15, -0.1) is 0 Å². The molecular formula is C20H19N3O. The molecule has 1 aromatic heterocycles. The number of hydrogen-bond donors (Lipinski definition) is 1. The molecule has 0 bridgehead atoms. The highest BCUT2D eigenvalue weighted by molar-refractivity contribution is 6.02. The first kappa shape index (κ1) is 15.7. The lowest BCUT2D eigenvalue weighted by Crippen LogP contribution is -2.09. The van der Waals surface area contributed by atoms with Crippen LogP contribution in [0.1, 0.15) is 16.7 Å². The summed E-state index contributed by atoms with van der Waals surface area (Å²) < 4.78 is 1.78. The van der Waals surface area contributed by atoms with E-state index < -0.39 is 0 Å². The molecule has 0 saturated carbocycles. The zero-order valence-electron chi connectivity index (χ0n) is 13.7. The molecule has 120 valence electrons. The molecule has 0 aliphatic carbocycles. The minimum Gasteiger partial charge on any atom is -0.322 e. The molecule has 0 unspecified atom stereocenters. The van der Waals surface area contributed by atoms with Crippen molar-refractivity contribution in [1.29, 1.82) is 0 Å². The van der Waals surface area contributed by atoms with E-state index in [1.165, 1.54) is 6.08 Å². The van der Waals surface area contributed by atoms with E-state index in [9.17, 15) is 4.79 Å². The zero-order valence-corrected chi connectivity index (χ0v) is 13.7. The molecule has 4 nitrogen and oxygen atoms in total. The van der Waals surface area contributed by atoms with Crippen molar-refractivity contribution < 1.29 is 4.79 Å². The Hall–Kier alpha value is -3.14. The van der Waals surface area contributed by atoms with E-state index in [0.717, 1.165) is 28.1 Å². The van der Waals surface area contributed by atoms with Gasteiger partial charge in [-0.05, 0) is 49.2 Å². The highest BCUT2D eigenvalue weighted by atomic mass is 16.1. The fraction of sp³-hybridized carbons (Fsp3) is 0.100.